The molecule has 1 aromatic heterocycles. The quantitative estimate of drug-likeness (QED) is 0.259. The fourth-order valence-electron chi connectivity index (χ4n) is 5.91. The molecule has 2 aliphatic rings. The maximum Gasteiger partial charge on any atom is 0.308 e. The van der Waals surface area contributed by atoms with Crippen LogP contribution in [0.15, 0.2) is 30.5 Å². The van der Waals surface area contributed by atoms with Gasteiger partial charge in [0, 0.05) is 23.4 Å². The Balaban J connectivity index is 1.26. The van der Waals surface area contributed by atoms with E-state index in [4.69, 9.17) is 4.74 Å². The molecular formula is C29H41FN2O3S. The first-order valence-corrected chi connectivity index (χ1v) is 14.7. The number of alkyl halides is 1. The van der Waals surface area contributed by atoms with Crippen LogP contribution in [0.5, 0.6) is 5.75 Å². The first-order chi connectivity index (χ1) is 17.5. The molecule has 0 radical (unpaired) electrons. The summed E-state index contributed by atoms with van der Waals surface area (Å²) in [5, 5.41) is 11.5. The van der Waals surface area contributed by atoms with E-state index in [1.165, 1.54) is 38.5 Å². The summed E-state index contributed by atoms with van der Waals surface area (Å²) in [5.74, 6) is 0.688. The van der Waals surface area contributed by atoms with E-state index in [0.29, 0.717) is 30.7 Å². The molecule has 1 aliphatic heterocycles. The minimum absolute atomic E-state index is 0.0139. The topological polar surface area (TPSA) is 62.7 Å². The summed E-state index contributed by atoms with van der Waals surface area (Å²) < 4.78 is 20.7. The molecule has 4 rings (SSSR count). The molecule has 0 bridgehead atoms. The molecule has 1 saturated carbocycles. The van der Waals surface area contributed by atoms with Crippen LogP contribution in [0.2, 0.25) is 0 Å². The Labute approximate surface area is 219 Å². The van der Waals surface area contributed by atoms with Gasteiger partial charge in [-0.15, -0.1) is 0 Å². The van der Waals surface area contributed by atoms with Gasteiger partial charge < -0.3 is 14.7 Å². The molecule has 1 aromatic carbocycles. The number of aliphatic carboxylic acids is 1. The molecule has 1 N–H and O–H groups in total. The molecule has 2 fully saturated rings. The second-order valence-corrected chi connectivity index (χ2v) is 11.9. The number of thioether (sulfide) groups is 1. The average molecular weight is 517 g/mol. The van der Waals surface area contributed by atoms with Crippen LogP contribution in [0.25, 0.3) is 10.9 Å². The highest BCUT2D eigenvalue weighted by Crippen LogP contribution is 2.35. The third-order valence-corrected chi connectivity index (χ3v) is 9.51. The summed E-state index contributed by atoms with van der Waals surface area (Å²) in [5.41, 5.74) is 1.35. The molecule has 2 heterocycles. The molecule has 0 amide bonds. The van der Waals surface area contributed by atoms with Gasteiger partial charge in [0.25, 0.3) is 0 Å². The molecule has 5 nitrogen and oxygen atoms in total. The largest absolute Gasteiger partial charge is 0.497 e. The number of carboxylic acid groups (broad SMARTS) is 1. The summed E-state index contributed by atoms with van der Waals surface area (Å²) in [6.07, 6.45) is 11.6. The molecule has 1 saturated heterocycles. The highest BCUT2D eigenvalue weighted by atomic mass is 32.2. The molecule has 2 aromatic rings. The van der Waals surface area contributed by atoms with Crippen LogP contribution in [-0.2, 0) is 4.79 Å². The van der Waals surface area contributed by atoms with Crippen molar-refractivity contribution in [3.05, 3.63) is 36.0 Å². The van der Waals surface area contributed by atoms with Crippen LogP contribution < -0.4 is 4.74 Å². The number of ether oxygens (including phenoxy) is 1. The SMILES string of the molecule is COc1ccc2nccc([C@H](F)CC[C@@H]3CCN(CCCSC4CCCCCC4)C[C@@H]3C(=O)O)c2c1. The number of aromatic nitrogens is 1. The number of nitrogens with zero attached hydrogens (tertiary/aromatic N) is 2. The van der Waals surface area contributed by atoms with Crippen molar-refractivity contribution >= 4 is 28.6 Å². The van der Waals surface area contributed by atoms with Gasteiger partial charge in [0.15, 0.2) is 0 Å². The van der Waals surface area contributed by atoms with Crippen molar-refractivity contribution in [3.63, 3.8) is 0 Å². The lowest BCUT2D eigenvalue weighted by Crippen LogP contribution is -2.44. The monoisotopic (exact) mass is 516 g/mol. The number of pyridine rings is 1. The zero-order valence-electron chi connectivity index (χ0n) is 21.5. The first-order valence-electron chi connectivity index (χ1n) is 13.7. The number of hydrogen-bond acceptors (Lipinski definition) is 5. The van der Waals surface area contributed by atoms with Gasteiger partial charge in [0.1, 0.15) is 11.9 Å². The van der Waals surface area contributed by atoms with Crippen LogP contribution in [0, 0.1) is 11.8 Å². The van der Waals surface area contributed by atoms with E-state index in [-0.39, 0.29) is 5.92 Å². The Bertz CT molecular complexity index is 982. The van der Waals surface area contributed by atoms with Gasteiger partial charge in [-0.1, -0.05) is 25.7 Å². The number of rotatable bonds is 11. The zero-order chi connectivity index (χ0) is 25.3. The first kappa shape index (κ1) is 27.2. The van der Waals surface area contributed by atoms with Gasteiger partial charge in [-0.3, -0.25) is 9.78 Å². The number of carbonyl (C=O) groups is 1. The number of carboxylic acids is 1. The zero-order valence-corrected chi connectivity index (χ0v) is 22.4. The lowest BCUT2D eigenvalue weighted by Gasteiger charge is -2.37. The number of piperidine rings is 1. The molecule has 0 unspecified atom stereocenters. The Kier molecular flexibility index (Phi) is 10.3. The minimum atomic E-state index is -1.16. The van der Waals surface area contributed by atoms with E-state index >= 15 is 4.39 Å². The number of likely N-dealkylation sites (tertiary alicyclic amines) is 1. The smallest absolute Gasteiger partial charge is 0.308 e. The maximum atomic E-state index is 15.4. The van der Waals surface area contributed by atoms with E-state index in [1.54, 1.807) is 19.4 Å². The van der Waals surface area contributed by atoms with E-state index < -0.39 is 18.1 Å². The van der Waals surface area contributed by atoms with E-state index in [9.17, 15) is 9.90 Å². The molecule has 3 atom stereocenters. The summed E-state index contributed by atoms with van der Waals surface area (Å²) in [6, 6.07) is 7.23. The lowest BCUT2D eigenvalue weighted by atomic mass is 9.81. The van der Waals surface area contributed by atoms with Crippen LogP contribution >= 0.6 is 11.8 Å². The van der Waals surface area contributed by atoms with E-state index in [0.717, 1.165) is 47.8 Å². The highest BCUT2D eigenvalue weighted by molar-refractivity contribution is 7.99. The summed E-state index contributed by atoms with van der Waals surface area (Å²) in [7, 11) is 1.60. The second kappa shape index (κ2) is 13.6. The van der Waals surface area contributed by atoms with Crippen LogP contribution in [0.3, 0.4) is 0 Å². The predicted octanol–water partition coefficient (Wildman–Crippen LogP) is 6.90. The normalized spacial score (nSPS) is 22.8. The minimum Gasteiger partial charge on any atom is -0.497 e. The molecule has 0 spiro atoms. The summed E-state index contributed by atoms with van der Waals surface area (Å²) in [4.78, 5) is 18.8. The maximum absolute atomic E-state index is 15.4. The third-order valence-electron chi connectivity index (χ3n) is 8.04. The Morgan fingerprint density at radius 2 is 2.03 bits per heavy atom. The van der Waals surface area contributed by atoms with Crippen molar-refractivity contribution in [3.8, 4) is 5.75 Å². The van der Waals surface area contributed by atoms with Crippen LogP contribution in [0.4, 0.5) is 4.39 Å². The molecule has 198 valence electrons. The average Bonchev–Trinajstić information content (AvgIpc) is 3.18. The summed E-state index contributed by atoms with van der Waals surface area (Å²) in [6.45, 7) is 2.46. The third kappa shape index (κ3) is 7.34. The van der Waals surface area contributed by atoms with Gasteiger partial charge >= 0.3 is 5.97 Å². The standard InChI is InChI=1S/C29H41FN2O3S/c1-35-22-10-12-28-25(19-22)24(13-15-31-28)27(30)11-9-21-14-17-32(20-26(21)29(33)34)16-6-18-36-23-7-4-2-3-5-8-23/h10,12-13,15,19,21,23,26-27H,2-9,11,14,16-18,20H2,1H3,(H,33,34)/t21-,26+,27-/m1/s1. The van der Waals surface area contributed by atoms with Crippen LogP contribution in [-0.4, -0.2) is 58.7 Å². The number of fused-ring (bicyclic) bond motifs is 1. The Morgan fingerprint density at radius 3 is 2.78 bits per heavy atom. The number of hydrogen-bond donors (Lipinski definition) is 1. The number of halogens is 1. The van der Waals surface area contributed by atoms with Gasteiger partial charge in [-0.25, -0.2) is 4.39 Å². The van der Waals surface area contributed by atoms with Gasteiger partial charge in [0.05, 0.1) is 18.5 Å². The molecule has 7 heteroatoms. The molecule has 1 aliphatic carbocycles. The van der Waals surface area contributed by atoms with E-state index in [1.807, 2.05) is 18.2 Å². The highest BCUT2D eigenvalue weighted by Gasteiger charge is 2.34. The predicted molar refractivity (Wildman–Crippen MR) is 146 cm³/mol. The number of methoxy groups -OCH3 is 1. The fourth-order valence-corrected chi connectivity index (χ4v) is 7.20. The molecule has 36 heavy (non-hydrogen) atoms. The van der Waals surface area contributed by atoms with Gasteiger partial charge in [-0.05, 0) is 93.1 Å². The van der Waals surface area contributed by atoms with Crippen molar-refractivity contribution in [1.82, 2.24) is 9.88 Å². The van der Waals surface area contributed by atoms with Gasteiger partial charge in [0.2, 0.25) is 0 Å². The van der Waals surface area contributed by atoms with Gasteiger partial charge in [-0.2, -0.15) is 11.8 Å². The second-order valence-electron chi connectivity index (χ2n) is 10.5. The fraction of sp³-hybridized carbons (Fsp3) is 0.655. The van der Waals surface area contributed by atoms with Crippen LogP contribution in [0.1, 0.15) is 75.9 Å². The number of benzene rings is 1. The molecular weight excluding hydrogens is 475 g/mol. The van der Waals surface area contributed by atoms with Crippen molar-refractivity contribution in [1.29, 1.82) is 0 Å². The summed E-state index contributed by atoms with van der Waals surface area (Å²) >= 11 is 2.12. The van der Waals surface area contributed by atoms with E-state index in [2.05, 4.69) is 21.6 Å². The van der Waals surface area contributed by atoms with Crippen molar-refractivity contribution in [2.24, 2.45) is 11.8 Å². The lowest BCUT2D eigenvalue weighted by molar-refractivity contribution is -0.146. The Morgan fingerprint density at radius 1 is 1.22 bits per heavy atom. The Hall–Kier alpha value is -1.86. The van der Waals surface area contributed by atoms with Crippen molar-refractivity contribution in [2.75, 3.05) is 32.5 Å². The van der Waals surface area contributed by atoms with Crippen molar-refractivity contribution in [2.45, 2.75) is 75.6 Å². The van der Waals surface area contributed by atoms with Crippen molar-refractivity contribution < 1.29 is 19.0 Å².